The maximum atomic E-state index is 11.7. The molecular formula is C14H14N2O3. The molecule has 0 atom stereocenters. The predicted octanol–water partition coefficient (Wildman–Crippen LogP) is 2.64. The molecule has 0 aliphatic heterocycles. The number of hydrogen-bond acceptors (Lipinski definition) is 4. The molecule has 0 unspecified atom stereocenters. The third-order valence-corrected chi connectivity index (χ3v) is 2.43. The zero-order valence-electron chi connectivity index (χ0n) is 10.7. The summed E-state index contributed by atoms with van der Waals surface area (Å²) in [7, 11) is 1.59. The highest BCUT2D eigenvalue weighted by Crippen LogP contribution is 2.18. The van der Waals surface area contributed by atoms with E-state index in [4.69, 9.17) is 9.26 Å². The van der Waals surface area contributed by atoms with Crippen molar-refractivity contribution in [2.75, 3.05) is 12.4 Å². The Hall–Kier alpha value is -2.56. The molecule has 0 spiro atoms. The molecule has 0 aliphatic carbocycles. The monoisotopic (exact) mass is 258 g/mol. The lowest BCUT2D eigenvalue weighted by molar-refractivity contribution is -0.111. The summed E-state index contributed by atoms with van der Waals surface area (Å²) >= 11 is 0. The maximum Gasteiger partial charge on any atom is 0.249 e. The number of ether oxygens (including phenoxy) is 1. The number of methoxy groups -OCH3 is 1. The van der Waals surface area contributed by atoms with Crippen LogP contribution in [0.1, 0.15) is 11.3 Å². The minimum atomic E-state index is -0.279. The molecule has 0 saturated carbocycles. The lowest BCUT2D eigenvalue weighted by Crippen LogP contribution is -2.07. The van der Waals surface area contributed by atoms with Crippen molar-refractivity contribution in [3.63, 3.8) is 0 Å². The summed E-state index contributed by atoms with van der Waals surface area (Å²) in [6.45, 7) is 1.76. The van der Waals surface area contributed by atoms with Crippen LogP contribution in [0.15, 0.2) is 40.9 Å². The molecule has 98 valence electrons. The number of para-hydroxylation sites is 1. The van der Waals surface area contributed by atoms with E-state index >= 15 is 0 Å². The fourth-order valence-electron chi connectivity index (χ4n) is 1.56. The van der Waals surface area contributed by atoms with Gasteiger partial charge in [-0.25, -0.2) is 0 Å². The van der Waals surface area contributed by atoms with Gasteiger partial charge in [0, 0.05) is 17.7 Å². The summed E-state index contributed by atoms with van der Waals surface area (Å²) in [5, 5.41) is 6.28. The molecule has 2 rings (SSSR count). The van der Waals surface area contributed by atoms with Crippen LogP contribution < -0.4 is 10.1 Å². The Morgan fingerprint density at radius 3 is 2.89 bits per heavy atom. The van der Waals surface area contributed by atoms with Crippen molar-refractivity contribution < 1.29 is 14.1 Å². The number of anilines is 1. The Balaban J connectivity index is 2.04. The van der Waals surface area contributed by atoms with E-state index in [9.17, 15) is 4.79 Å². The van der Waals surface area contributed by atoms with Crippen molar-refractivity contribution in [2.24, 2.45) is 0 Å². The fraction of sp³-hybridized carbons (Fsp3) is 0.143. The summed E-state index contributed by atoms with van der Waals surface area (Å²) in [6.07, 6.45) is 3.10. The largest absolute Gasteiger partial charge is 0.496 e. The Kier molecular flexibility index (Phi) is 3.97. The number of amides is 1. The maximum absolute atomic E-state index is 11.7. The molecule has 0 saturated heterocycles. The van der Waals surface area contributed by atoms with E-state index in [2.05, 4.69) is 10.5 Å². The Labute approximate surface area is 110 Å². The van der Waals surface area contributed by atoms with Crippen LogP contribution in [0.2, 0.25) is 0 Å². The molecule has 1 N–H and O–H groups in total. The molecule has 0 aliphatic rings. The second-order valence-corrected chi connectivity index (χ2v) is 3.89. The first-order chi connectivity index (χ1) is 9.19. The van der Waals surface area contributed by atoms with Gasteiger partial charge >= 0.3 is 0 Å². The zero-order chi connectivity index (χ0) is 13.7. The van der Waals surface area contributed by atoms with E-state index in [0.29, 0.717) is 17.3 Å². The van der Waals surface area contributed by atoms with Gasteiger partial charge < -0.3 is 14.6 Å². The zero-order valence-corrected chi connectivity index (χ0v) is 10.7. The topological polar surface area (TPSA) is 64.4 Å². The number of nitrogens with zero attached hydrogens (tertiary/aromatic N) is 1. The van der Waals surface area contributed by atoms with Gasteiger partial charge in [-0.05, 0) is 19.1 Å². The summed E-state index contributed by atoms with van der Waals surface area (Å²) in [6, 6.07) is 9.09. The lowest BCUT2D eigenvalue weighted by atomic mass is 10.2. The van der Waals surface area contributed by atoms with Crippen LogP contribution in [0.3, 0.4) is 0 Å². The molecule has 1 amide bonds. The van der Waals surface area contributed by atoms with Crippen LogP contribution in [0.4, 0.5) is 5.82 Å². The third kappa shape index (κ3) is 3.45. The quantitative estimate of drug-likeness (QED) is 0.856. The lowest BCUT2D eigenvalue weighted by Gasteiger charge is -2.03. The molecule has 0 radical (unpaired) electrons. The van der Waals surface area contributed by atoms with Crippen LogP contribution in [0, 0.1) is 6.92 Å². The molecule has 0 bridgehead atoms. The summed E-state index contributed by atoms with van der Waals surface area (Å²) in [5.74, 6) is 1.47. The van der Waals surface area contributed by atoms with Crippen LogP contribution >= 0.6 is 0 Å². The standard InChI is InChI=1S/C14H14N2O3/c1-10-9-13(16-19-10)15-14(17)8-7-11-5-3-4-6-12(11)18-2/h3-9H,1-2H3,(H,15,16,17)/b8-7+. The predicted molar refractivity (Wildman–Crippen MR) is 71.9 cm³/mol. The molecule has 1 aromatic carbocycles. The number of carbonyl (C=O) groups excluding carboxylic acids is 1. The van der Waals surface area contributed by atoms with E-state index in [1.807, 2.05) is 24.3 Å². The van der Waals surface area contributed by atoms with Gasteiger partial charge in [0.05, 0.1) is 7.11 Å². The highest BCUT2D eigenvalue weighted by molar-refractivity contribution is 6.01. The van der Waals surface area contributed by atoms with E-state index in [0.717, 1.165) is 5.56 Å². The Morgan fingerprint density at radius 2 is 2.21 bits per heavy atom. The molecule has 5 heteroatoms. The first kappa shape index (κ1) is 12.9. The number of hydrogen-bond donors (Lipinski definition) is 1. The van der Waals surface area contributed by atoms with Gasteiger partial charge in [-0.3, -0.25) is 4.79 Å². The van der Waals surface area contributed by atoms with Gasteiger partial charge in [0.2, 0.25) is 5.91 Å². The van der Waals surface area contributed by atoms with Crippen LogP contribution in [0.5, 0.6) is 5.75 Å². The van der Waals surface area contributed by atoms with Gasteiger partial charge in [-0.2, -0.15) is 0 Å². The van der Waals surface area contributed by atoms with Gasteiger partial charge in [0.25, 0.3) is 0 Å². The summed E-state index contributed by atoms with van der Waals surface area (Å²) in [4.78, 5) is 11.7. The van der Waals surface area contributed by atoms with Gasteiger partial charge in [0.15, 0.2) is 5.82 Å². The van der Waals surface area contributed by atoms with Crippen LogP contribution in [0.25, 0.3) is 6.08 Å². The summed E-state index contributed by atoms with van der Waals surface area (Å²) < 4.78 is 10.0. The molecule has 0 fully saturated rings. The molecule has 1 aromatic heterocycles. The number of benzene rings is 1. The van der Waals surface area contributed by atoms with Gasteiger partial charge in [-0.1, -0.05) is 23.4 Å². The SMILES string of the molecule is COc1ccccc1/C=C/C(=O)Nc1cc(C)on1. The Morgan fingerprint density at radius 1 is 1.42 bits per heavy atom. The third-order valence-electron chi connectivity index (χ3n) is 2.43. The number of aryl methyl sites for hydroxylation is 1. The molecule has 5 nitrogen and oxygen atoms in total. The normalized spacial score (nSPS) is 10.6. The molecular weight excluding hydrogens is 244 g/mol. The van der Waals surface area contributed by atoms with E-state index in [-0.39, 0.29) is 5.91 Å². The average Bonchev–Trinajstić information content (AvgIpc) is 2.82. The average molecular weight is 258 g/mol. The van der Waals surface area contributed by atoms with Crippen LogP contribution in [-0.4, -0.2) is 18.2 Å². The van der Waals surface area contributed by atoms with E-state index < -0.39 is 0 Å². The molecule has 1 heterocycles. The van der Waals surface area contributed by atoms with Gasteiger partial charge in [0.1, 0.15) is 11.5 Å². The van der Waals surface area contributed by atoms with E-state index in [1.165, 1.54) is 6.08 Å². The molecule has 19 heavy (non-hydrogen) atoms. The second-order valence-electron chi connectivity index (χ2n) is 3.89. The highest BCUT2D eigenvalue weighted by Gasteiger charge is 2.03. The fourth-order valence-corrected chi connectivity index (χ4v) is 1.56. The molecule has 2 aromatic rings. The number of aromatic nitrogens is 1. The smallest absolute Gasteiger partial charge is 0.249 e. The minimum absolute atomic E-state index is 0.279. The number of nitrogens with one attached hydrogen (secondary N) is 1. The first-order valence-corrected chi connectivity index (χ1v) is 5.74. The van der Waals surface area contributed by atoms with Crippen LogP contribution in [-0.2, 0) is 4.79 Å². The first-order valence-electron chi connectivity index (χ1n) is 5.74. The summed E-state index contributed by atoms with van der Waals surface area (Å²) in [5.41, 5.74) is 0.830. The van der Waals surface area contributed by atoms with Crippen molar-refractivity contribution in [3.05, 3.63) is 47.7 Å². The van der Waals surface area contributed by atoms with Crippen molar-refractivity contribution >= 4 is 17.8 Å². The number of rotatable bonds is 4. The van der Waals surface area contributed by atoms with Crippen molar-refractivity contribution in [2.45, 2.75) is 6.92 Å². The minimum Gasteiger partial charge on any atom is -0.496 e. The van der Waals surface area contributed by atoms with Gasteiger partial charge in [-0.15, -0.1) is 0 Å². The second kappa shape index (κ2) is 5.86. The van der Waals surface area contributed by atoms with Crippen molar-refractivity contribution in [3.8, 4) is 5.75 Å². The Bertz CT molecular complexity index is 602. The van der Waals surface area contributed by atoms with Crippen molar-refractivity contribution in [1.29, 1.82) is 0 Å². The number of carbonyl (C=O) groups is 1. The highest BCUT2D eigenvalue weighted by atomic mass is 16.5. The van der Waals surface area contributed by atoms with Crippen molar-refractivity contribution in [1.82, 2.24) is 5.16 Å². The van der Waals surface area contributed by atoms with E-state index in [1.54, 1.807) is 26.2 Å².